The summed E-state index contributed by atoms with van der Waals surface area (Å²) < 4.78 is 7.33. The standard InChI is InChI=1S/C15H25N7O/c1-5-14-20-19-10-22(14)7-6-17-15(16-4)18-9-12-8-13(11(2)3)21-23-12/h8,10-11H,5-7,9H2,1-4H3,(H2,16,17,18). The number of nitrogens with one attached hydrogen (secondary N) is 2. The van der Waals surface area contributed by atoms with Crippen molar-refractivity contribution in [1.82, 2.24) is 30.6 Å². The van der Waals surface area contributed by atoms with Gasteiger partial charge >= 0.3 is 0 Å². The number of nitrogens with zero attached hydrogens (tertiary/aromatic N) is 5. The van der Waals surface area contributed by atoms with Crippen molar-refractivity contribution in [3.63, 3.8) is 0 Å². The molecule has 2 aromatic heterocycles. The number of aryl methyl sites for hydroxylation is 1. The van der Waals surface area contributed by atoms with Gasteiger partial charge in [0.05, 0.1) is 12.2 Å². The Labute approximate surface area is 136 Å². The Hall–Kier alpha value is -2.38. The highest BCUT2D eigenvalue weighted by Crippen LogP contribution is 2.13. The van der Waals surface area contributed by atoms with Crippen LogP contribution in [0.1, 0.15) is 44.0 Å². The molecular formula is C15H25N7O. The van der Waals surface area contributed by atoms with Crippen molar-refractivity contribution in [2.45, 2.75) is 46.2 Å². The van der Waals surface area contributed by atoms with Crippen molar-refractivity contribution in [3.8, 4) is 0 Å². The van der Waals surface area contributed by atoms with Gasteiger partial charge in [0.15, 0.2) is 11.7 Å². The molecule has 0 fully saturated rings. The first kappa shape index (κ1) is 17.0. The maximum absolute atomic E-state index is 5.30. The second kappa shape index (κ2) is 8.30. The van der Waals surface area contributed by atoms with E-state index in [0.717, 1.165) is 42.7 Å². The summed E-state index contributed by atoms with van der Waals surface area (Å²) in [5, 5.41) is 18.5. The minimum absolute atomic E-state index is 0.362. The monoisotopic (exact) mass is 319 g/mol. The fourth-order valence-corrected chi connectivity index (χ4v) is 2.11. The predicted molar refractivity (Wildman–Crippen MR) is 88.2 cm³/mol. The zero-order valence-corrected chi connectivity index (χ0v) is 14.2. The second-order valence-corrected chi connectivity index (χ2v) is 5.52. The van der Waals surface area contributed by atoms with E-state index in [1.165, 1.54) is 0 Å². The van der Waals surface area contributed by atoms with Crippen LogP contribution in [0.15, 0.2) is 21.9 Å². The highest BCUT2D eigenvalue weighted by molar-refractivity contribution is 5.79. The molecule has 23 heavy (non-hydrogen) atoms. The average Bonchev–Trinajstić information content (AvgIpc) is 3.19. The van der Waals surface area contributed by atoms with Crippen LogP contribution in [0.3, 0.4) is 0 Å². The van der Waals surface area contributed by atoms with Crippen molar-refractivity contribution in [1.29, 1.82) is 0 Å². The number of guanidine groups is 1. The predicted octanol–water partition coefficient (Wildman–Crippen LogP) is 1.32. The Bertz CT molecular complexity index is 629. The van der Waals surface area contributed by atoms with Crippen molar-refractivity contribution in [3.05, 3.63) is 29.7 Å². The van der Waals surface area contributed by atoms with Gasteiger partial charge in [0.25, 0.3) is 0 Å². The lowest BCUT2D eigenvalue weighted by Gasteiger charge is -2.11. The van der Waals surface area contributed by atoms with Crippen molar-refractivity contribution in [2.24, 2.45) is 4.99 Å². The fraction of sp³-hybridized carbons (Fsp3) is 0.600. The Balaban J connectivity index is 1.77. The van der Waals surface area contributed by atoms with Crippen molar-refractivity contribution < 1.29 is 4.52 Å². The molecule has 8 nitrogen and oxygen atoms in total. The lowest BCUT2D eigenvalue weighted by Crippen LogP contribution is -2.38. The largest absolute Gasteiger partial charge is 0.359 e. The Kier molecular flexibility index (Phi) is 6.13. The van der Waals surface area contributed by atoms with Crippen LogP contribution in [0.5, 0.6) is 0 Å². The van der Waals surface area contributed by atoms with E-state index in [-0.39, 0.29) is 0 Å². The third-order valence-corrected chi connectivity index (χ3v) is 3.48. The molecule has 0 radical (unpaired) electrons. The third kappa shape index (κ3) is 4.80. The molecule has 0 aromatic carbocycles. The van der Waals surface area contributed by atoms with Gasteiger partial charge in [-0.3, -0.25) is 4.99 Å². The van der Waals surface area contributed by atoms with Gasteiger partial charge in [-0.25, -0.2) is 0 Å². The normalized spacial score (nSPS) is 12.0. The summed E-state index contributed by atoms with van der Waals surface area (Å²) in [7, 11) is 1.74. The maximum atomic E-state index is 5.30. The van der Waals surface area contributed by atoms with Gasteiger partial charge in [0, 0.05) is 32.6 Å². The molecule has 0 unspecified atom stereocenters. The molecule has 0 aliphatic heterocycles. The van der Waals surface area contributed by atoms with E-state index < -0.39 is 0 Å². The van der Waals surface area contributed by atoms with E-state index >= 15 is 0 Å². The van der Waals surface area contributed by atoms with E-state index in [2.05, 4.69) is 51.8 Å². The molecule has 2 rings (SSSR count). The molecule has 2 aromatic rings. The zero-order chi connectivity index (χ0) is 16.7. The first-order valence-electron chi connectivity index (χ1n) is 7.90. The highest BCUT2D eigenvalue weighted by Gasteiger charge is 2.08. The van der Waals surface area contributed by atoms with Crippen LogP contribution in [-0.2, 0) is 19.5 Å². The summed E-state index contributed by atoms with van der Waals surface area (Å²) >= 11 is 0. The second-order valence-electron chi connectivity index (χ2n) is 5.52. The first-order chi connectivity index (χ1) is 11.1. The highest BCUT2D eigenvalue weighted by atomic mass is 16.5. The summed E-state index contributed by atoms with van der Waals surface area (Å²) in [5.74, 6) is 2.86. The van der Waals surface area contributed by atoms with Gasteiger partial charge in [0.2, 0.25) is 0 Å². The maximum Gasteiger partial charge on any atom is 0.191 e. The number of rotatable bonds is 7. The van der Waals surface area contributed by atoms with Crippen LogP contribution >= 0.6 is 0 Å². The summed E-state index contributed by atoms with van der Waals surface area (Å²) in [5.41, 5.74) is 0.962. The van der Waals surface area contributed by atoms with E-state index in [1.807, 2.05) is 10.6 Å². The quantitative estimate of drug-likeness (QED) is 0.590. The third-order valence-electron chi connectivity index (χ3n) is 3.48. The molecule has 0 amide bonds. The molecule has 0 atom stereocenters. The average molecular weight is 319 g/mol. The minimum atomic E-state index is 0.362. The molecule has 0 aliphatic rings. The number of hydrogen-bond acceptors (Lipinski definition) is 5. The van der Waals surface area contributed by atoms with Crippen LogP contribution in [-0.4, -0.2) is 39.5 Å². The molecule has 2 heterocycles. The van der Waals surface area contributed by atoms with Crippen LogP contribution in [0.25, 0.3) is 0 Å². The van der Waals surface area contributed by atoms with Crippen LogP contribution in [0.4, 0.5) is 0 Å². The molecule has 0 saturated carbocycles. The SMILES string of the molecule is CCc1nncn1CCNC(=NC)NCc1cc(C(C)C)no1. The van der Waals surface area contributed by atoms with Gasteiger partial charge in [-0.05, 0) is 5.92 Å². The molecule has 8 heteroatoms. The molecule has 0 bridgehead atoms. The molecule has 0 aliphatic carbocycles. The minimum Gasteiger partial charge on any atom is -0.359 e. The smallest absolute Gasteiger partial charge is 0.191 e. The molecular weight excluding hydrogens is 294 g/mol. The summed E-state index contributed by atoms with van der Waals surface area (Å²) in [6.07, 6.45) is 2.62. The summed E-state index contributed by atoms with van der Waals surface area (Å²) in [6, 6.07) is 1.97. The van der Waals surface area contributed by atoms with E-state index in [1.54, 1.807) is 13.4 Å². The number of hydrogen-bond donors (Lipinski definition) is 2. The lowest BCUT2D eigenvalue weighted by molar-refractivity contribution is 0.372. The first-order valence-corrected chi connectivity index (χ1v) is 7.90. The summed E-state index contributed by atoms with van der Waals surface area (Å²) in [6.45, 7) is 8.31. The molecule has 0 saturated heterocycles. The Morgan fingerprint density at radius 3 is 2.87 bits per heavy atom. The fourth-order valence-electron chi connectivity index (χ4n) is 2.11. The van der Waals surface area contributed by atoms with Gasteiger partial charge < -0.3 is 19.7 Å². The van der Waals surface area contributed by atoms with Gasteiger partial charge in [-0.2, -0.15) is 0 Å². The van der Waals surface area contributed by atoms with E-state index in [4.69, 9.17) is 4.52 Å². The molecule has 2 N–H and O–H groups in total. The van der Waals surface area contributed by atoms with Crippen LogP contribution < -0.4 is 10.6 Å². The Morgan fingerprint density at radius 2 is 2.22 bits per heavy atom. The lowest BCUT2D eigenvalue weighted by atomic mass is 10.1. The Morgan fingerprint density at radius 1 is 1.39 bits per heavy atom. The summed E-state index contributed by atoms with van der Waals surface area (Å²) in [4.78, 5) is 4.20. The van der Waals surface area contributed by atoms with Gasteiger partial charge in [0.1, 0.15) is 12.2 Å². The molecule has 126 valence electrons. The van der Waals surface area contributed by atoms with E-state index in [0.29, 0.717) is 12.5 Å². The topological polar surface area (TPSA) is 93.2 Å². The van der Waals surface area contributed by atoms with E-state index in [9.17, 15) is 0 Å². The van der Waals surface area contributed by atoms with Gasteiger partial charge in [-0.1, -0.05) is 25.9 Å². The number of aliphatic imine (C=N–C) groups is 1. The van der Waals surface area contributed by atoms with Crippen LogP contribution in [0.2, 0.25) is 0 Å². The zero-order valence-electron chi connectivity index (χ0n) is 14.2. The van der Waals surface area contributed by atoms with Crippen molar-refractivity contribution >= 4 is 5.96 Å². The number of aromatic nitrogens is 4. The molecule has 0 spiro atoms. The van der Waals surface area contributed by atoms with Crippen molar-refractivity contribution in [2.75, 3.05) is 13.6 Å². The van der Waals surface area contributed by atoms with Crippen LogP contribution in [0, 0.1) is 0 Å². The van der Waals surface area contributed by atoms with Gasteiger partial charge in [-0.15, -0.1) is 10.2 Å².